The van der Waals surface area contributed by atoms with E-state index in [-0.39, 0.29) is 17.9 Å². The van der Waals surface area contributed by atoms with Crippen LogP contribution in [-0.2, 0) is 14.8 Å². The van der Waals surface area contributed by atoms with Crippen molar-refractivity contribution in [2.75, 3.05) is 23.2 Å². The molecule has 1 aromatic carbocycles. The third-order valence-corrected chi connectivity index (χ3v) is 6.08. The zero-order valence-corrected chi connectivity index (χ0v) is 12.9. The summed E-state index contributed by atoms with van der Waals surface area (Å²) in [5.74, 6) is 0.0660. The van der Waals surface area contributed by atoms with E-state index in [4.69, 9.17) is 10.5 Å². The predicted molar refractivity (Wildman–Crippen MR) is 82.7 cm³/mol. The second kappa shape index (κ2) is 5.94. The Labute approximate surface area is 126 Å². The fourth-order valence-corrected chi connectivity index (χ4v) is 4.93. The number of para-hydroxylation sites is 1. The third-order valence-electron chi connectivity index (χ3n) is 4.24. The number of sulfonamides is 1. The summed E-state index contributed by atoms with van der Waals surface area (Å²) in [6.45, 7) is 1.17. The van der Waals surface area contributed by atoms with Gasteiger partial charge in [0.2, 0.25) is 10.0 Å². The van der Waals surface area contributed by atoms with Gasteiger partial charge in [0.15, 0.2) is 0 Å². The largest absolute Gasteiger partial charge is 0.377 e. The standard InChI is InChI=1S/C15H22N2O3S/c16-14-7-3-9-17(15-8-2-1-6-13(14)15)21(18,19)11-12-5-4-10-20-12/h1-2,6,8,12,14H,3-5,7,9-11,16H2. The average Bonchev–Trinajstić information content (AvgIpc) is 2.88. The molecule has 0 saturated carbocycles. The van der Waals surface area contributed by atoms with E-state index in [0.717, 1.165) is 36.9 Å². The van der Waals surface area contributed by atoms with E-state index in [0.29, 0.717) is 13.2 Å². The summed E-state index contributed by atoms with van der Waals surface area (Å²) in [4.78, 5) is 0. The van der Waals surface area contributed by atoms with E-state index in [1.807, 2.05) is 24.3 Å². The van der Waals surface area contributed by atoms with Gasteiger partial charge in [-0.3, -0.25) is 4.31 Å². The fraction of sp³-hybridized carbons (Fsp3) is 0.600. The Kier molecular flexibility index (Phi) is 4.19. The smallest absolute Gasteiger partial charge is 0.237 e. The number of hydrogen-bond acceptors (Lipinski definition) is 4. The fourth-order valence-electron chi connectivity index (χ4n) is 3.15. The van der Waals surface area contributed by atoms with E-state index in [2.05, 4.69) is 0 Å². The molecule has 2 aliphatic heterocycles. The van der Waals surface area contributed by atoms with Crippen molar-refractivity contribution in [3.05, 3.63) is 29.8 Å². The highest BCUT2D eigenvalue weighted by molar-refractivity contribution is 7.92. The van der Waals surface area contributed by atoms with Gasteiger partial charge in [0, 0.05) is 19.2 Å². The molecule has 0 spiro atoms. The van der Waals surface area contributed by atoms with Crippen LogP contribution in [0.3, 0.4) is 0 Å². The minimum atomic E-state index is -3.37. The summed E-state index contributed by atoms with van der Waals surface area (Å²) < 4.78 is 32.6. The molecular weight excluding hydrogens is 288 g/mol. The molecule has 3 rings (SSSR count). The highest BCUT2D eigenvalue weighted by atomic mass is 32.2. The molecule has 1 saturated heterocycles. The number of hydrogen-bond donors (Lipinski definition) is 1. The first-order valence-electron chi connectivity index (χ1n) is 7.54. The summed E-state index contributed by atoms with van der Waals surface area (Å²) in [5, 5.41) is 0. The van der Waals surface area contributed by atoms with Crippen molar-refractivity contribution in [1.29, 1.82) is 0 Å². The van der Waals surface area contributed by atoms with Crippen LogP contribution in [0.4, 0.5) is 5.69 Å². The van der Waals surface area contributed by atoms with Crippen molar-refractivity contribution in [2.45, 2.75) is 37.8 Å². The Bertz CT molecular complexity index is 597. The molecule has 2 atom stereocenters. The zero-order chi connectivity index (χ0) is 14.9. The van der Waals surface area contributed by atoms with Crippen LogP contribution < -0.4 is 10.0 Å². The lowest BCUT2D eigenvalue weighted by molar-refractivity contribution is 0.127. The summed E-state index contributed by atoms with van der Waals surface area (Å²) in [7, 11) is -3.37. The van der Waals surface area contributed by atoms with Gasteiger partial charge in [-0.05, 0) is 37.3 Å². The van der Waals surface area contributed by atoms with Crippen LogP contribution in [0.2, 0.25) is 0 Å². The first kappa shape index (κ1) is 14.8. The molecule has 2 heterocycles. The maximum absolute atomic E-state index is 12.8. The molecule has 0 aliphatic carbocycles. The molecule has 0 radical (unpaired) electrons. The SMILES string of the molecule is NC1CCCN(S(=O)(=O)CC2CCCO2)c2ccccc21. The van der Waals surface area contributed by atoms with Crippen LogP contribution >= 0.6 is 0 Å². The van der Waals surface area contributed by atoms with Crippen LogP contribution in [-0.4, -0.2) is 33.4 Å². The van der Waals surface area contributed by atoms with Crippen molar-refractivity contribution in [3.8, 4) is 0 Å². The lowest BCUT2D eigenvalue weighted by Crippen LogP contribution is -2.37. The van der Waals surface area contributed by atoms with Gasteiger partial charge in [0.1, 0.15) is 0 Å². The second-order valence-electron chi connectivity index (χ2n) is 5.79. The minimum absolute atomic E-state index is 0.0660. The van der Waals surface area contributed by atoms with E-state index >= 15 is 0 Å². The van der Waals surface area contributed by atoms with Crippen molar-refractivity contribution in [3.63, 3.8) is 0 Å². The topological polar surface area (TPSA) is 72.6 Å². The van der Waals surface area contributed by atoms with Gasteiger partial charge in [-0.15, -0.1) is 0 Å². The van der Waals surface area contributed by atoms with Gasteiger partial charge in [0.25, 0.3) is 0 Å². The Morgan fingerprint density at radius 1 is 1.24 bits per heavy atom. The molecule has 0 amide bonds. The van der Waals surface area contributed by atoms with E-state index < -0.39 is 10.0 Å². The number of rotatable bonds is 3. The zero-order valence-electron chi connectivity index (χ0n) is 12.1. The first-order chi connectivity index (χ1) is 10.1. The van der Waals surface area contributed by atoms with Crippen molar-refractivity contribution in [2.24, 2.45) is 5.73 Å². The monoisotopic (exact) mass is 310 g/mol. The molecule has 6 heteroatoms. The highest BCUT2D eigenvalue weighted by Gasteiger charge is 2.32. The van der Waals surface area contributed by atoms with Gasteiger partial charge in [-0.1, -0.05) is 18.2 Å². The molecule has 5 nitrogen and oxygen atoms in total. The maximum Gasteiger partial charge on any atom is 0.237 e. The van der Waals surface area contributed by atoms with Crippen molar-refractivity contribution in [1.82, 2.24) is 0 Å². The van der Waals surface area contributed by atoms with E-state index in [1.54, 1.807) is 0 Å². The Hall–Kier alpha value is -1.11. The van der Waals surface area contributed by atoms with E-state index in [9.17, 15) is 8.42 Å². The number of ether oxygens (including phenoxy) is 1. The lowest BCUT2D eigenvalue weighted by Gasteiger charge is -2.26. The van der Waals surface area contributed by atoms with Crippen molar-refractivity contribution < 1.29 is 13.2 Å². The molecule has 2 unspecified atom stereocenters. The summed E-state index contributed by atoms with van der Waals surface area (Å²) in [5.41, 5.74) is 7.83. The molecule has 0 aromatic heterocycles. The molecular formula is C15H22N2O3S. The Balaban J connectivity index is 1.91. The van der Waals surface area contributed by atoms with Crippen LogP contribution in [0.15, 0.2) is 24.3 Å². The van der Waals surface area contributed by atoms with Crippen LogP contribution in [0.5, 0.6) is 0 Å². The number of benzene rings is 1. The summed E-state index contributed by atoms with van der Waals surface area (Å²) in [6, 6.07) is 7.47. The Morgan fingerprint density at radius 3 is 2.81 bits per heavy atom. The van der Waals surface area contributed by atoms with Gasteiger partial charge >= 0.3 is 0 Å². The molecule has 1 aromatic rings. The quantitative estimate of drug-likeness (QED) is 0.924. The molecule has 2 aliphatic rings. The van der Waals surface area contributed by atoms with Gasteiger partial charge in [0.05, 0.1) is 17.5 Å². The molecule has 2 N–H and O–H groups in total. The highest BCUT2D eigenvalue weighted by Crippen LogP contribution is 2.33. The molecule has 1 fully saturated rings. The van der Waals surface area contributed by atoms with Crippen LogP contribution in [0.25, 0.3) is 0 Å². The summed E-state index contributed by atoms with van der Waals surface area (Å²) >= 11 is 0. The molecule has 0 bridgehead atoms. The normalized spacial score (nSPS) is 26.4. The maximum atomic E-state index is 12.8. The lowest BCUT2D eigenvalue weighted by atomic mass is 10.0. The first-order valence-corrected chi connectivity index (χ1v) is 9.15. The van der Waals surface area contributed by atoms with E-state index in [1.165, 1.54) is 4.31 Å². The molecule has 116 valence electrons. The second-order valence-corrected chi connectivity index (χ2v) is 7.73. The van der Waals surface area contributed by atoms with Gasteiger partial charge in [-0.2, -0.15) is 0 Å². The number of fused-ring (bicyclic) bond motifs is 1. The predicted octanol–water partition coefficient (Wildman–Crippen LogP) is 1.80. The van der Waals surface area contributed by atoms with Crippen LogP contribution in [0.1, 0.15) is 37.3 Å². The molecule has 21 heavy (non-hydrogen) atoms. The number of anilines is 1. The average molecular weight is 310 g/mol. The van der Waals surface area contributed by atoms with Gasteiger partial charge < -0.3 is 10.5 Å². The minimum Gasteiger partial charge on any atom is -0.377 e. The number of nitrogens with two attached hydrogens (primary N) is 1. The van der Waals surface area contributed by atoms with Crippen molar-refractivity contribution >= 4 is 15.7 Å². The van der Waals surface area contributed by atoms with Crippen LogP contribution in [0, 0.1) is 0 Å². The third kappa shape index (κ3) is 3.07. The van der Waals surface area contributed by atoms with Gasteiger partial charge in [-0.25, -0.2) is 8.42 Å². The summed E-state index contributed by atoms with van der Waals surface area (Å²) in [6.07, 6.45) is 3.19. The Morgan fingerprint density at radius 2 is 2.05 bits per heavy atom. The number of nitrogens with zero attached hydrogens (tertiary/aromatic N) is 1.